The highest BCUT2D eigenvalue weighted by molar-refractivity contribution is 4.89. The minimum atomic E-state index is 0.413. The van der Waals surface area contributed by atoms with E-state index in [4.69, 9.17) is 4.74 Å². The Morgan fingerprint density at radius 3 is 2.73 bits per heavy atom. The Morgan fingerprint density at radius 2 is 2.27 bits per heavy atom. The minimum absolute atomic E-state index is 0.413. The third-order valence-electron chi connectivity index (χ3n) is 2.98. The Bertz CT molecular complexity index is 127. The quantitative estimate of drug-likeness (QED) is 0.615. The standard InChI is InChI=1S/C9H19NO/c1-9(6-8-11-3)5-4-7-10(9)2/h4-8H2,1-3H3/t9-/m1/s1. The van der Waals surface area contributed by atoms with Gasteiger partial charge in [0.05, 0.1) is 0 Å². The van der Waals surface area contributed by atoms with E-state index >= 15 is 0 Å². The molecular weight excluding hydrogens is 138 g/mol. The van der Waals surface area contributed by atoms with E-state index in [1.165, 1.54) is 25.8 Å². The second kappa shape index (κ2) is 3.55. The summed E-state index contributed by atoms with van der Waals surface area (Å²) >= 11 is 0. The van der Waals surface area contributed by atoms with Gasteiger partial charge in [-0.25, -0.2) is 0 Å². The van der Waals surface area contributed by atoms with E-state index in [1.807, 2.05) is 0 Å². The lowest BCUT2D eigenvalue weighted by Crippen LogP contribution is -2.38. The fourth-order valence-corrected chi connectivity index (χ4v) is 1.80. The van der Waals surface area contributed by atoms with Crippen LogP contribution in [0, 0.1) is 0 Å². The Kier molecular flexibility index (Phi) is 2.90. The van der Waals surface area contributed by atoms with Crippen LogP contribution in [-0.4, -0.2) is 37.7 Å². The Hall–Kier alpha value is -0.0800. The summed E-state index contributed by atoms with van der Waals surface area (Å²) in [6, 6.07) is 0. The number of rotatable bonds is 3. The van der Waals surface area contributed by atoms with Crippen LogP contribution in [-0.2, 0) is 4.74 Å². The van der Waals surface area contributed by atoms with Crippen molar-refractivity contribution < 1.29 is 4.74 Å². The molecule has 0 saturated carbocycles. The van der Waals surface area contributed by atoms with Crippen LogP contribution in [0.3, 0.4) is 0 Å². The largest absolute Gasteiger partial charge is 0.385 e. The lowest BCUT2D eigenvalue weighted by Gasteiger charge is -2.31. The van der Waals surface area contributed by atoms with Gasteiger partial charge < -0.3 is 9.64 Å². The van der Waals surface area contributed by atoms with Gasteiger partial charge >= 0.3 is 0 Å². The maximum absolute atomic E-state index is 5.09. The van der Waals surface area contributed by atoms with E-state index in [9.17, 15) is 0 Å². The lowest BCUT2D eigenvalue weighted by molar-refractivity contribution is 0.115. The minimum Gasteiger partial charge on any atom is -0.385 e. The van der Waals surface area contributed by atoms with Gasteiger partial charge in [-0.2, -0.15) is 0 Å². The normalized spacial score (nSPS) is 33.0. The molecule has 1 fully saturated rings. The average molecular weight is 157 g/mol. The van der Waals surface area contributed by atoms with Crippen LogP contribution in [0.1, 0.15) is 26.2 Å². The van der Waals surface area contributed by atoms with Crippen LogP contribution < -0.4 is 0 Å². The highest BCUT2D eigenvalue weighted by Gasteiger charge is 2.32. The van der Waals surface area contributed by atoms with Gasteiger partial charge in [-0.1, -0.05) is 0 Å². The Balaban J connectivity index is 2.38. The molecule has 0 radical (unpaired) electrons. The molecule has 0 spiro atoms. The van der Waals surface area contributed by atoms with E-state index < -0.39 is 0 Å². The second-order valence-electron chi connectivity index (χ2n) is 3.76. The van der Waals surface area contributed by atoms with Crippen LogP contribution in [0.15, 0.2) is 0 Å². The van der Waals surface area contributed by atoms with Gasteiger partial charge in [-0.3, -0.25) is 0 Å². The summed E-state index contributed by atoms with van der Waals surface area (Å²) in [5.41, 5.74) is 0.413. The first-order valence-corrected chi connectivity index (χ1v) is 4.39. The van der Waals surface area contributed by atoms with Crippen molar-refractivity contribution in [3.63, 3.8) is 0 Å². The number of nitrogens with zero attached hydrogens (tertiary/aromatic N) is 1. The predicted molar refractivity (Wildman–Crippen MR) is 46.8 cm³/mol. The summed E-state index contributed by atoms with van der Waals surface area (Å²) in [5, 5.41) is 0. The molecule has 0 aromatic heterocycles. The van der Waals surface area contributed by atoms with Gasteiger partial charge in [-0.05, 0) is 39.8 Å². The predicted octanol–water partition coefficient (Wildman–Crippen LogP) is 1.51. The first-order valence-electron chi connectivity index (χ1n) is 4.39. The zero-order valence-corrected chi connectivity index (χ0v) is 7.89. The zero-order chi connectivity index (χ0) is 8.32. The summed E-state index contributed by atoms with van der Waals surface area (Å²) in [6.45, 7) is 4.47. The van der Waals surface area contributed by atoms with E-state index in [2.05, 4.69) is 18.9 Å². The molecule has 0 bridgehead atoms. The van der Waals surface area contributed by atoms with Crippen molar-refractivity contribution >= 4 is 0 Å². The molecule has 1 atom stereocenters. The van der Waals surface area contributed by atoms with Crippen molar-refractivity contribution in [3.05, 3.63) is 0 Å². The summed E-state index contributed by atoms with van der Waals surface area (Å²) in [4.78, 5) is 2.45. The molecule has 1 saturated heterocycles. The number of hydrogen-bond donors (Lipinski definition) is 0. The number of methoxy groups -OCH3 is 1. The molecular formula is C9H19NO. The van der Waals surface area contributed by atoms with E-state index in [-0.39, 0.29) is 0 Å². The highest BCUT2D eigenvalue weighted by atomic mass is 16.5. The van der Waals surface area contributed by atoms with Crippen LogP contribution in [0.2, 0.25) is 0 Å². The molecule has 2 heteroatoms. The Morgan fingerprint density at radius 1 is 1.55 bits per heavy atom. The van der Waals surface area contributed by atoms with E-state index in [1.54, 1.807) is 7.11 Å². The van der Waals surface area contributed by atoms with Crippen molar-refractivity contribution in [2.24, 2.45) is 0 Å². The molecule has 0 unspecified atom stereocenters. The topological polar surface area (TPSA) is 12.5 Å². The molecule has 1 aliphatic heterocycles. The molecule has 0 aromatic carbocycles. The van der Waals surface area contributed by atoms with Crippen molar-refractivity contribution in [1.29, 1.82) is 0 Å². The maximum atomic E-state index is 5.09. The first-order chi connectivity index (χ1) is 5.19. The van der Waals surface area contributed by atoms with Gasteiger partial charge in [0.25, 0.3) is 0 Å². The monoisotopic (exact) mass is 157 g/mol. The lowest BCUT2D eigenvalue weighted by atomic mass is 9.95. The number of likely N-dealkylation sites (tertiary alicyclic amines) is 1. The van der Waals surface area contributed by atoms with Gasteiger partial charge in [0.15, 0.2) is 0 Å². The first kappa shape index (κ1) is 9.01. The summed E-state index contributed by atoms with van der Waals surface area (Å²) in [6.07, 6.45) is 3.84. The van der Waals surface area contributed by atoms with Crippen LogP contribution >= 0.6 is 0 Å². The van der Waals surface area contributed by atoms with Crippen LogP contribution in [0.5, 0.6) is 0 Å². The van der Waals surface area contributed by atoms with Crippen molar-refractivity contribution in [2.45, 2.75) is 31.7 Å². The average Bonchev–Trinajstić information content (AvgIpc) is 2.30. The molecule has 1 rings (SSSR count). The molecule has 2 nitrogen and oxygen atoms in total. The van der Waals surface area contributed by atoms with Crippen molar-refractivity contribution in [1.82, 2.24) is 4.90 Å². The van der Waals surface area contributed by atoms with Crippen LogP contribution in [0.25, 0.3) is 0 Å². The molecule has 0 aliphatic carbocycles. The second-order valence-corrected chi connectivity index (χ2v) is 3.76. The molecule has 0 amide bonds. The van der Waals surface area contributed by atoms with E-state index in [0.29, 0.717) is 5.54 Å². The van der Waals surface area contributed by atoms with Crippen LogP contribution in [0.4, 0.5) is 0 Å². The summed E-state index contributed by atoms with van der Waals surface area (Å²) in [7, 11) is 3.99. The van der Waals surface area contributed by atoms with Gasteiger partial charge in [0.2, 0.25) is 0 Å². The third-order valence-corrected chi connectivity index (χ3v) is 2.98. The smallest absolute Gasteiger partial charge is 0.0479 e. The molecule has 11 heavy (non-hydrogen) atoms. The van der Waals surface area contributed by atoms with E-state index in [0.717, 1.165) is 6.61 Å². The summed E-state index contributed by atoms with van der Waals surface area (Å²) in [5.74, 6) is 0. The molecule has 1 heterocycles. The molecule has 66 valence electrons. The molecule has 0 aromatic rings. The number of ether oxygens (including phenoxy) is 1. The summed E-state index contributed by atoms with van der Waals surface area (Å²) < 4.78 is 5.09. The zero-order valence-electron chi connectivity index (χ0n) is 7.89. The Labute approximate surface area is 69.5 Å². The fourth-order valence-electron chi connectivity index (χ4n) is 1.80. The van der Waals surface area contributed by atoms with Gasteiger partial charge in [0, 0.05) is 19.3 Å². The van der Waals surface area contributed by atoms with Gasteiger partial charge in [-0.15, -0.1) is 0 Å². The van der Waals surface area contributed by atoms with Gasteiger partial charge in [0.1, 0.15) is 0 Å². The third kappa shape index (κ3) is 1.94. The number of hydrogen-bond acceptors (Lipinski definition) is 2. The van der Waals surface area contributed by atoms with Crippen molar-refractivity contribution in [3.8, 4) is 0 Å². The maximum Gasteiger partial charge on any atom is 0.0479 e. The van der Waals surface area contributed by atoms with Crippen molar-refractivity contribution in [2.75, 3.05) is 27.3 Å². The molecule has 0 N–H and O–H groups in total. The highest BCUT2D eigenvalue weighted by Crippen LogP contribution is 2.29. The molecule has 1 aliphatic rings. The SMILES string of the molecule is COCC[C@@]1(C)CCCN1C. The fraction of sp³-hybridized carbons (Fsp3) is 1.00.